The maximum absolute atomic E-state index is 13.5. The number of imidazole rings is 1. The van der Waals surface area contributed by atoms with E-state index in [1.807, 2.05) is 25.1 Å². The topological polar surface area (TPSA) is 65.3 Å². The van der Waals surface area contributed by atoms with E-state index in [1.165, 1.54) is 20.4 Å². The molecule has 0 radical (unpaired) electrons. The van der Waals surface area contributed by atoms with Gasteiger partial charge in [-0.2, -0.15) is 13.2 Å². The molecule has 0 saturated heterocycles. The molecule has 0 spiro atoms. The number of ether oxygens (including phenoxy) is 3. The van der Waals surface area contributed by atoms with Gasteiger partial charge in [-0.25, -0.2) is 4.98 Å². The summed E-state index contributed by atoms with van der Waals surface area (Å²) >= 11 is 0. The Kier molecular flexibility index (Phi) is 6.64. The minimum Gasteiger partial charge on any atom is -0.493 e. The first kappa shape index (κ1) is 25.4. The van der Waals surface area contributed by atoms with Gasteiger partial charge < -0.3 is 23.5 Å². The molecule has 2 aromatic heterocycles. The van der Waals surface area contributed by atoms with Gasteiger partial charge in [-0.3, -0.25) is 4.79 Å². The number of rotatable bonds is 6. The highest BCUT2D eigenvalue weighted by molar-refractivity contribution is 5.79. The summed E-state index contributed by atoms with van der Waals surface area (Å²) in [6.07, 6.45) is -2.75. The van der Waals surface area contributed by atoms with E-state index in [1.54, 1.807) is 33.6 Å². The first-order valence-corrected chi connectivity index (χ1v) is 12.0. The van der Waals surface area contributed by atoms with Gasteiger partial charge in [-0.15, -0.1) is 0 Å². The third kappa shape index (κ3) is 4.73. The van der Waals surface area contributed by atoms with Gasteiger partial charge in [-0.05, 0) is 48.9 Å². The highest BCUT2D eigenvalue weighted by Gasteiger charge is 2.37. The Labute approximate surface area is 217 Å². The van der Waals surface area contributed by atoms with Crippen molar-refractivity contribution in [2.75, 3.05) is 27.4 Å². The van der Waals surface area contributed by atoms with Crippen molar-refractivity contribution in [3.63, 3.8) is 0 Å². The maximum Gasteiger partial charge on any atom is 0.416 e. The van der Waals surface area contributed by atoms with Crippen LogP contribution in [0.4, 0.5) is 13.2 Å². The van der Waals surface area contributed by atoms with Crippen LogP contribution in [0.3, 0.4) is 0 Å². The Morgan fingerprint density at radius 1 is 1.03 bits per heavy atom. The predicted molar refractivity (Wildman–Crippen MR) is 134 cm³/mol. The van der Waals surface area contributed by atoms with Gasteiger partial charge in [0.1, 0.15) is 11.4 Å². The molecule has 1 atom stereocenters. The number of aromatic nitrogens is 2. The van der Waals surface area contributed by atoms with Crippen molar-refractivity contribution in [2.45, 2.75) is 25.6 Å². The standard InChI is InChI=1S/C28H26F3N3O4/c1-17-4-7-20(8-5-17)38-16-25(35)34-13-11-21-27(26(34)18-6-9-22(36-2)23(14-18)37-3)33-12-10-19(28(29,30)31)15-24(33)32-21/h4-10,12,14-15,26H,11,13,16H2,1-3H3. The van der Waals surface area contributed by atoms with Crippen LogP contribution in [-0.2, 0) is 17.4 Å². The van der Waals surface area contributed by atoms with Crippen LogP contribution in [0, 0.1) is 6.92 Å². The number of carbonyl (C=O) groups is 1. The van der Waals surface area contributed by atoms with Crippen LogP contribution >= 0.6 is 0 Å². The second-order valence-electron chi connectivity index (χ2n) is 9.04. The molecule has 198 valence electrons. The van der Waals surface area contributed by atoms with E-state index in [0.29, 0.717) is 47.2 Å². The summed E-state index contributed by atoms with van der Waals surface area (Å²) in [5, 5.41) is 0. The zero-order valence-corrected chi connectivity index (χ0v) is 21.1. The molecule has 10 heteroatoms. The van der Waals surface area contributed by atoms with Crippen LogP contribution < -0.4 is 14.2 Å². The summed E-state index contributed by atoms with van der Waals surface area (Å²) in [5.74, 6) is 1.28. The SMILES string of the molecule is COc1ccc(C2c3c(nc4cc(C(F)(F)F)ccn34)CCN2C(=O)COc2ccc(C)cc2)cc1OC. The summed E-state index contributed by atoms with van der Waals surface area (Å²) in [5.41, 5.74) is 2.41. The fourth-order valence-corrected chi connectivity index (χ4v) is 4.76. The van der Waals surface area contributed by atoms with Gasteiger partial charge in [-0.1, -0.05) is 23.8 Å². The van der Waals surface area contributed by atoms with Gasteiger partial charge in [0.05, 0.1) is 37.2 Å². The van der Waals surface area contributed by atoms with Crippen molar-refractivity contribution in [3.8, 4) is 17.2 Å². The van der Waals surface area contributed by atoms with Crippen LogP contribution in [0.5, 0.6) is 17.2 Å². The molecule has 1 aliphatic rings. The lowest BCUT2D eigenvalue weighted by Gasteiger charge is -2.36. The van der Waals surface area contributed by atoms with Crippen LogP contribution in [0.15, 0.2) is 60.8 Å². The minimum absolute atomic E-state index is 0.167. The Morgan fingerprint density at radius 3 is 2.45 bits per heavy atom. The molecule has 0 aliphatic carbocycles. The normalized spacial score (nSPS) is 15.3. The molecule has 1 amide bonds. The van der Waals surface area contributed by atoms with E-state index < -0.39 is 17.8 Å². The Balaban J connectivity index is 1.57. The molecular formula is C28H26F3N3O4. The molecule has 3 heterocycles. The average Bonchev–Trinajstić information content (AvgIpc) is 3.29. The highest BCUT2D eigenvalue weighted by atomic mass is 19.4. The second kappa shape index (κ2) is 9.92. The molecule has 0 N–H and O–H groups in total. The molecule has 0 fully saturated rings. The van der Waals surface area contributed by atoms with Gasteiger partial charge in [0.25, 0.3) is 5.91 Å². The zero-order valence-electron chi connectivity index (χ0n) is 21.1. The van der Waals surface area contributed by atoms with Crippen LogP contribution in [-0.4, -0.2) is 47.6 Å². The van der Waals surface area contributed by atoms with Crippen molar-refractivity contribution in [2.24, 2.45) is 0 Å². The number of nitrogens with zero attached hydrogens (tertiary/aromatic N) is 3. The van der Waals surface area contributed by atoms with E-state index in [0.717, 1.165) is 17.7 Å². The maximum atomic E-state index is 13.5. The zero-order chi connectivity index (χ0) is 27.0. The van der Waals surface area contributed by atoms with E-state index in [4.69, 9.17) is 14.2 Å². The fourth-order valence-electron chi connectivity index (χ4n) is 4.76. The van der Waals surface area contributed by atoms with Gasteiger partial charge in [0, 0.05) is 19.2 Å². The van der Waals surface area contributed by atoms with Crippen LogP contribution in [0.2, 0.25) is 0 Å². The average molecular weight is 526 g/mol. The number of fused-ring (bicyclic) bond motifs is 3. The summed E-state index contributed by atoms with van der Waals surface area (Å²) in [4.78, 5) is 19.7. The number of pyridine rings is 1. The van der Waals surface area contributed by atoms with Crippen LogP contribution in [0.25, 0.3) is 5.65 Å². The second-order valence-corrected chi connectivity index (χ2v) is 9.04. The number of amides is 1. The van der Waals surface area contributed by atoms with E-state index in [9.17, 15) is 18.0 Å². The molecule has 0 saturated carbocycles. The van der Waals surface area contributed by atoms with Gasteiger partial charge >= 0.3 is 6.18 Å². The van der Waals surface area contributed by atoms with Crippen molar-refractivity contribution < 1.29 is 32.2 Å². The van der Waals surface area contributed by atoms with E-state index in [2.05, 4.69) is 4.98 Å². The molecule has 5 rings (SSSR count). The Hall–Kier alpha value is -4.21. The highest BCUT2D eigenvalue weighted by Crippen LogP contribution is 2.40. The lowest BCUT2D eigenvalue weighted by atomic mass is 9.95. The Bertz CT molecular complexity index is 1480. The summed E-state index contributed by atoms with van der Waals surface area (Å²) in [6, 6.07) is 14.1. The third-order valence-corrected chi connectivity index (χ3v) is 6.65. The molecule has 4 aromatic rings. The molecule has 2 aromatic carbocycles. The third-order valence-electron chi connectivity index (χ3n) is 6.65. The summed E-state index contributed by atoms with van der Waals surface area (Å²) in [7, 11) is 3.04. The van der Waals surface area contributed by atoms with Gasteiger partial charge in [0.15, 0.2) is 18.1 Å². The number of methoxy groups -OCH3 is 2. The van der Waals surface area contributed by atoms with Crippen molar-refractivity contribution in [3.05, 3.63) is 88.9 Å². The van der Waals surface area contributed by atoms with Crippen molar-refractivity contribution in [1.29, 1.82) is 0 Å². The van der Waals surface area contributed by atoms with E-state index in [-0.39, 0.29) is 18.2 Å². The Morgan fingerprint density at radius 2 is 1.76 bits per heavy atom. The number of hydrogen-bond donors (Lipinski definition) is 0. The van der Waals surface area contributed by atoms with Crippen LogP contribution in [0.1, 0.15) is 34.1 Å². The molecule has 0 bridgehead atoms. The first-order chi connectivity index (χ1) is 18.2. The lowest BCUT2D eigenvalue weighted by molar-refractivity contribution is -0.137. The number of carbonyl (C=O) groups excluding carboxylic acids is 1. The molecule has 1 unspecified atom stereocenters. The summed E-state index contributed by atoms with van der Waals surface area (Å²) < 4.78 is 58.4. The van der Waals surface area contributed by atoms with Crippen molar-refractivity contribution in [1.82, 2.24) is 14.3 Å². The minimum atomic E-state index is -4.49. The number of benzene rings is 2. The predicted octanol–water partition coefficient (Wildman–Crippen LogP) is 5.23. The summed E-state index contributed by atoms with van der Waals surface area (Å²) in [6.45, 7) is 2.08. The quantitative estimate of drug-likeness (QED) is 0.345. The fraction of sp³-hybridized carbons (Fsp3) is 0.286. The number of hydrogen-bond acceptors (Lipinski definition) is 5. The number of alkyl halides is 3. The number of halogens is 3. The largest absolute Gasteiger partial charge is 0.493 e. The van der Waals surface area contributed by atoms with E-state index >= 15 is 0 Å². The lowest BCUT2D eigenvalue weighted by Crippen LogP contribution is -2.43. The monoisotopic (exact) mass is 525 g/mol. The number of aryl methyl sites for hydroxylation is 1. The molecule has 1 aliphatic heterocycles. The molecular weight excluding hydrogens is 499 g/mol. The van der Waals surface area contributed by atoms with Gasteiger partial charge in [0.2, 0.25) is 0 Å². The molecule has 7 nitrogen and oxygen atoms in total. The smallest absolute Gasteiger partial charge is 0.416 e. The molecule has 38 heavy (non-hydrogen) atoms. The van der Waals surface area contributed by atoms with Crippen molar-refractivity contribution >= 4 is 11.6 Å². The first-order valence-electron chi connectivity index (χ1n) is 12.0.